The van der Waals surface area contributed by atoms with E-state index in [9.17, 15) is 14.4 Å². The highest BCUT2D eigenvalue weighted by Gasteiger charge is 2.30. The fourth-order valence-electron chi connectivity index (χ4n) is 3.01. The molecule has 7 heteroatoms. The summed E-state index contributed by atoms with van der Waals surface area (Å²) < 4.78 is 5.58. The fourth-order valence-corrected chi connectivity index (χ4v) is 3.01. The van der Waals surface area contributed by atoms with Crippen molar-refractivity contribution in [3.63, 3.8) is 0 Å². The van der Waals surface area contributed by atoms with Gasteiger partial charge in [-0.3, -0.25) is 14.4 Å². The van der Waals surface area contributed by atoms with Crippen LogP contribution in [0.3, 0.4) is 0 Å². The zero-order valence-corrected chi connectivity index (χ0v) is 16.9. The van der Waals surface area contributed by atoms with E-state index in [4.69, 9.17) is 4.74 Å². The van der Waals surface area contributed by atoms with Crippen LogP contribution in [0.2, 0.25) is 0 Å². The third-order valence-corrected chi connectivity index (χ3v) is 5.15. The van der Waals surface area contributed by atoms with Crippen LogP contribution in [0.5, 0.6) is 5.75 Å². The fraction of sp³-hybridized carbons (Fsp3) is 0.348. The second-order valence-corrected chi connectivity index (χ2v) is 7.92. The number of amides is 3. The van der Waals surface area contributed by atoms with Crippen molar-refractivity contribution in [1.82, 2.24) is 0 Å². The van der Waals surface area contributed by atoms with E-state index in [1.165, 1.54) is 0 Å². The average Bonchev–Trinajstić information content (AvgIpc) is 3.62. The summed E-state index contributed by atoms with van der Waals surface area (Å²) in [6.45, 7) is 1.72. The highest BCUT2D eigenvalue weighted by Crippen LogP contribution is 2.31. The number of benzene rings is 2. The molecule has 2 aliphatic carbocycles. The van der Waals surface area contributed by atoms with Gasteiger partial charge < -0.3 is 20.7 Å². The molecule has 156 valence electrons. The summed E-state index contributed by atoms with van der Waals surface area (Å²) in [5.74, 6) is 0.468. The molecule has 0 unspecified atom stereocenters. The molecule has 2 aliphatic rings. The predicted octanol–water partition coefficient (Wildman–Crippen LogP) is 3.71. The van der Waals surface area contributed by atoms with Gasteiger partial charge in [-0.1, -0.05) is 12.1 Å². The Morgan fingerprint density at radius 1 is 0.867 bits per heavy atom. The Labute approximate surface area is 175 Å². The lowest BCUT2D eigenvalue weighted by molar-refractivity contribution is -0.118. The van der Waals surface area contributed by atoms with E-state index in [-0.39, 0.29) is 36.2 Å². The number of anilines is 3. The molecule has 0 radical (unpaired) electrons. The predicted molar refractivity (Wildman–Crippen MR) is 114 cm³/mol. The third-order valence-electron chi connectivity index (χ3n) is 5.15. The monoisotopic (exact) mass is 407 g/mol. The Balaban J connectivity index is 1.31. The molecule has 7 nitrogen and oxygen atoms in total. The quantitative estimate of drug-likeness (QED) is 0.621. The van der Waals surface area contributed by atoms with Crippen LogP contribution in [0.25, 0.3) is 0 Å². The van der Waals surface area contributed by atoms with E-state index in [0.29, 0.717) is 22.8 Å². The molecule has 3 N–H and O–H groups in total. The van der Waals surface area contributed by atoms with Gasteiger partial charge in [0.25, 0.3) is 5.91 Å². The second kappa shape index (κ2) is 8.57. The summed E-state index contributed by atoms with van der Waals surface area (Å²) in [7, 11) is 0. The van der Waals surface area contributed by atoms with Crippen LogP contribution in [0, 0.1) is 18.8 Å². The lowest BCUT2D eigenvalue weighted by atomic mass is 10.1. The van der Waals surface area contributed by atoms with E-state index in [1.54, 1.807) is 30.3 Å². The molecule has 0 heterocycles. The molecule has 0 atom stereocenters. The van der Waals surface area contributed by atoms with Gasteiger partial charge in [0.1, 0.15) is 5.75 Å². The number of nitrogens with one attached hydrogen (secondary N) is 3. The maximum Gasteiger partial charge on any atom is 0.262 e. The number of aryl methyl sites for hydroxylation is 1. The van der Waals surface area contributed by atoms with Crippen molar-refractivity contribution in [2.45, 2.75) is 32.6 Å². The molecule has 0 saturated heterocycles. The number of hydrogen-bond acceptors (Lipinski definition) is 4. The number of ether oxygens (including phenoxy) is 1. The van der Waals surface area contributed by atoms with Crippen molar-refractivity contribution in [3.05, 3.63) is 48.0 Å². The Hall–Kier alpha value is -3.35. The molecule has 4 rings (SSSR count). The Bertz CT molecular complexity index is 980. The number of carbonyl (C=O) groups excluding carboxylic acids is 3. The summed E-state index contributed by atoms with van der Waals surface area (Å²) in [6.07, 6.45) is 3.74. The van der Waals surface area contributed by atoms with Gasteiger partial charge in [0.05, 0.1) is 0 Å². The van der Waals surface area contributed by atoms with Crippen molar-refractivity contribution < 1.29 is 19.1 Å². The molecule has 2 aromatic carbocycles. The van der Waals surface area contributed by atoms with E-state index >= 15 is 0 Å². The summed E-state index contributed by atoms with van der Waals surface area (Å²) in [6, 6.07) is 12.4. The molecule has 0 spiro atoms. The van der Waals surface area contributed by atoms with Gasteiger partial charge in [0.2, 0.25) is 11.8 Å². The summed E-state index contributed by atoms with van der Waals surface area (Å²) in [4.78, 5) is 36.2. The van der Waals surface area contributed by atoms with Crippen molar-refractivity contribution in [2.75, 3.05) is 22.6 Å². The number of rotatable bonds is 8. The third kappa shape index (κ3) is 5.37. The van der Waals surface area contributed by atoms with Crippen molar-refractivity contribution >= 4 is 34.8 Å². The van der Waals surface area contributed by atoms with Gasteiger partial charge >= 0.3 is 0 Å². The first-order valence-electron chi connectivity index (χ1n) is 10.2. The molecule has 0 aromatic heterocycles. The highest BCUT2D eigenvalue weighted by atomic mass is 16.5. The van der Waals surface area contributed by atoms with Gasteiger partial charge in [0, 0.05) is 35.0 Å². The summed E-state index contributed by atoms with van der Waals surface area (Å²) in [5.41, 5.74) is 2.83. The van der Waals surface area contributed by atoms with E-state index in [2.05, 4.69) is 16.0 Å². The molecular weight excluding hydrogens is 382 g/mol. The van der Waals surface area contributed by atoms with Crippen LogP contribution in [-0.2, 0) is 14.4 Å². The largest absolute Gasteiger partial charge is 0.484 e. The SMILES string of the molecule is Cc1ccc(NC(=O)C2CC2)cc1NC(=O)COc1cccc(NC(=O)C2CC2)c1. The summed E-state index contributed by atoms with van der Waals surface area (Å²) >= 11 is 0. The van der Waals surface area contributed by atoms with Gasteiger partial charge in [-0.15, -0.1) is 0 Å². The minimum Gasteiger partial charge on any atom is -0.484 e. The van der Waals surface area contributed by atoms with Gasteiger partial charge in [-0.05, 0) is 62.4 Å². The van der Waals surface area contributed by atoms with Crippen LogP contribution >= 0.6 is 0 Å². The first-order valence-corrected chi connectivity index (χ1v) is 10.2. The topological polar surface area (TPSA) is 96.5 Å². The minimum absolute atomic E-state index is 0.0214. The Morgan fingerprint density at radius 3 is 2.13 bits per heavy atom. The van der Waals surface area contributed by atoms with Crippen molar-refractivity contribution in [2.24, 2.45) is 11.8 Å². The molecule has 0 bridgehead atoms. The zero-order chi connectivity index (χ0) is 21.1. The molecule has 2 saturated carbocycles. The first kappa shape index (κ1) is 19.9. The van der Waals surface area contributed by atoms with Crippen molar-refractivity contribution in [3.8, 4) is 5.75 Å². The van der Waals surface area contributed by atoms with Crippen LogP contribution < -0.4 is 20.7 Å². The summed E-state index contributed by atoms with van der Waals surface area (Å²) in [5, 5.41) is 8.56. The molecule has 30 heavy (non-hydrogen) atoms. The average molecular weight is 407 g/mol. The number of carbonyl (C=O) groups is 3. The van der Waals surface area contributed by atoms with E-state index in [0.717, 1.165) is 31.2 Å². The van der Waals surface area contributed by atoms with Gasteiger partial charge in [-0.2, -0.15) is 0 Å². The zero-order valence-electron chi connectivity index (χ0n) is 16.9. The lowest BCUT2D eigenvalue weighted by Crippen LogP contribution is -2.21. The normalized spacial score (nSPS) is 15.2. The maximum atomic E-state index is 12.4. The number of hydrogen-bond donors (Lipinski definition) is 3. The smallest absolute Gasteiger partial charge is 0.262 e. The molecular formula is C23H25N3O4. The van der Waals surface area contributed by atoms with Gasteiger partial charge in [-0.25, -0.2) is 0 Å². The van der Waals surface area contributed by atoms with Crippen LogP contribution in [0.15, 0.2) is 42.5 Å². The van der Waals surface area contributed by atoms with Crippen molar-refractivity contribution in [1.29, 1.82) is 0 Å². The Morgan fingerprint density at radius 2 is 1.50 bits per heavy atom. The van der Waals surface area contributed by atoms with Crippen LogP contribution in [0.4, 0.5) is 17.1 Å². The Kier molecular flexibility index (Phi) is 5.70. The molecule has 2 aromatic rings. The molecule has 3 amide bonds. The standard InChI is InChI=1S/C23H25N3O4/c1-14-5-10-18(25-23(29)16-8-9-16)12-20(14)26-21(27)13-30-19-4-2-3-17(11-19)24-22(28)15-6-7-15/h2-5,10-12,15-16H,6-9,13H2,1H3,(H,24,28)(H,25,29)(H,26,27). The first-order chi connectivity index (χ1) is 14.5. The second-order valence-electron chi connectivity index (χ2n) is 7.92. The van der Waals surface area contributed by atoms with E-state index in [1.807, 2.05) is 19.1 Å². The van der Waals surface area contributed by atoms with Crippen LogP contribution in [-0.4, -0.2) is 24.3 Å². The van der Waals surface area contributed by atoms with Gasteiger partial charge in [0.15, 0.2) is 6.61 Å². The lowest BCUT2D eigenvalue weighted by Gasteiger charge is -2.12. The van der Waals surface area contributed by atoms with E-state index < -0.39 is 0 Å². The molecule has 0 aliphatic heterocycles. The molecule has 2 fully saturated rings. The maximum absolute atomic E-state index is 12.4. The highest BCUT2D eigenvalue weighted by molar-refractivity contribution is 5.97. The van der Waals surface area contributed by atoms with Crippen LogP contribution in [0.1, 0.15) is 31.2 Å². The minimum atomic E-state index is -0.309.